The average Bonchev–Trinajstić information content (AvgIpc) is 2.92. The molecule has 0 saturated carbocycles. The molecule has 1 heterocycles. The summed E-state index contributed by atoms with van der Waals surface area (Å²) in [6.07, 6.45) is -2.13. The third-order valence-corrected chi connectivity index (χ3v) is 3.88. The van der Waals surface area contributed by atoms with Crippen molar-refractivity contribution in [2.45, 2.75) is 32.0 Å². The number of amides is 1. The van der Waals surface area contributed by atoms with Crippen LogP contribution in [-0.4, -0.2) is 80.7 Å². The van der Waals surface area contributed by atoms with Crippen molar-refractivity contribution in [3.63, 3.8) is 0 Å². The highest BCUT2D eigenvalue weighted by Gasteiger charge is 2.31. The minimum Gasteiger partial charge on any atom is -0.355 e. The number of likely N-dealkylation sites (N-methyl/N-ethyl adjacent to an activating group) is 2. The largest absolute Gasteiger partial charge is 0.406 e. The first kappa shape index (κ1) is 19.5. The van der Waals surface area contributed by atoms with Gasteiger partial charge in [-0.05, 0) is 25.9 Å². The second kappa shape index (κ2) is 8.95. The van der Waals surface area contributed by atoms with Gasteiger partial charge in [0.2, 0.25) is 5.91 Å². The lowest BCUT2D eigenvalue weighted by atomic mass is 10.2. The number of aliphatic imine (C=N–C) groups is 1. The van der Waals surface area contributed by atoms with E-state index < -0.39 is 18.6 Å². The summed E-state index contributed by atoms with van der Waals surface area (Å²) >= 11 is 0. The minimum absolute atomic E-state index is 0.228. The van der Waals surface area contributed by atoms with Gasteiger partial charge in [0, 0.05) is 26.7 Å². The van der Waals surface area contributed by atoms with Gasteiger partial charge in [-0.25, -0.2) is 0 Å². The highest BCUT2D eigenvalue weighted by molar-refractivity contribution is 5.86. The van der Waals surface area contributed by atoms with Crippen LogP contribution in [0, 0.1) is 0 Å². The standard InChI is InChI=1S/C14H26F3N5O/c1-4-22-7-5-6-11(22)8-19-13(18-2)20-9-12(23)21(3)10-14(15,16)17/h11H,4-10H2,1-3H3,(H2,18,19,20). The Balaban J connectivity index is 2.35. The van der Waals surface area contributed by atoms with Gasteiger partial charge in [0.25, 0.3) is 0 Å². The van der Waals surface area contributed by atoms with Crippen molar-refractivity contribution in [2.75, 3.05) is 46.8 Å². The van der Waals surface area contributed by atoms with Crippen molar-refractivity contribution in [3.05, 3.63) is 0 Å². The van der Waals surface area contributed by atoms with E-state index in [1.165, 1.54) is 0 Å². The van der Waals surface area contributed by atoms with Crippen molar-refractivity contribution in [1.29, 1.82) is 0 Å². The van der Waals surface area contributed by atoms with E-state index in [1.54, 1.807) is 7.05 Å². The van der Waals surface area contributed by atoms with Gasteiger partial charge in [0.15, 0.2) is 5.96 Å². The summed E-state index contributed by atoms with van der Waals surface area (Å²) < 4.78 is 36.7. The number of hydrogen-bond acceptors (Lipinski definition) is 3. The summed E-state index contributed by atoms with van der Waals surface area (Å²) in [6, 6.07) is 0.419. The molecular formula is C14H26F3N5O. The fourth-order valence-electron chi connectivity index (χ4n) is 2.63. The fraction of sp³-hybridized carbons (Fsp3) is 0.857. The number of halogens is 3. The van der Waals surface area contributed by atoms with Crippen molar-refractivity contribution in [1.82, 2.24) is 20.4 Å². The Morgan fingerprint density at radius 2 is 2.09 bits per heavy atom. The minimum atomic E-state index is -4.39. The maximum Gasteiger partial charge on any atom is 0.406 e. The number of likely N-dealkylation sites (tertiary alicyclic amines) is 1. The average molecular weight is 337 g/mol. The normalized spacial score (nSPS) is 19.7. The summed E-state index contributed by atoms with van der Waals surface area (Å²) in [4.78, 5) is 18.7. The maximum absolute atomic E-state index is 12.2. The van der Waals surface area contributed by atoms with Gasteiger partial charge >= 0.3 is 6.18 Å². The number of guanidine groups is 1. The highest BCUT2D eigenvalue weighted by Crippen LogP contribution is 2.16. The number of nitrogens with zero attached hydrogens (tertiary/aromatic N) is 3. The zero-order chi connectivity index (χ0) is 17.5. The fourth-order valence-corrected chi connectivity index (χ4v) is 2.63. The zero-order valence-corrected chi connectivity index (χ0v) is 13.9. The molecule has 0 aromatic heterocycles. The van der Waals surface area contributed by atoms with E-state index >= 15 is 0 Å². The molecule has 1 unspecified atom stereocenters. The summed E-state index contributed by atoms with van der Waals surface area (Å²) in [5.41, 5.74) is 0. The number of rotatable bonds is 6. The van der Waals surface area contributed by atoms with Gasteiger partial charge in [0.05, 0.1) is 6.54 Å². The van der Waals surface area contributed by atoms with Crippen molar-refractivity contribution in [2.24, 2.45) is 4.99 Å². The first-order valence-electron chi connectivity index (χ1n) is 7.76. The summed E-state index contributed by atoms with van der Waals surface area (Å²) in [5.74, 6) is -0.219. The lowest BCUT2D eigenvalue weighted by Gasteiger charge is -2.24. The molecule has 1 rings (SSSR count). The van der Waals surface area contributed by atoms with E-state index in [0.717, 1.165) is 33.0 Å². The predicted octanol–water partition coefficient (Wildman–Crippen LogP) is 0.656. The lowest BCUT2D eigenvalue weighted by molar-refractivity contribution is -0.157. The third kappa shape index (κ3) is 7.06. The second-order valence-electron chi connectivity index (χ2n) is 5.60. The summed E-state index contributed by atoms with van der Waals surface area (Å²) in [6.45, 7) is 3.39. The van der Waals surface area contributed by atoms with Crippen LogP contribution in [0.25, 0.3) is 0 Å². The first-order chi connectivity index (χ1) is 10.8. The number of carbonyl (C=O) groups excluding carboxylic acids is 1. The van der Waals surface area contributed by atoms with Crippen molar-refractivity contribution < 1.29 is 18.0 Å². The van der Waals surface area contributed by atoms with E-state index in [1.807, 2.05) is 0 Å². The van der Waals surface area contributed by atoms with Gasteiger partial charge in [0.1, 0.15) is 6.54 Å². The second-order valence-corrected chi connectivity index (χ2v) is 5.60. The van der Waals surface area contributed by atoms with Crippen LogP contribution in [0.3, 0.4) is 0 Å². The van der Waals surface area contributed by atoms with Crippen LogP contribution in [0.5, 0.6) is 0 Å². The van der Waals surface area contributed by atoms with E-state index in [2.05, 4.69) is 27.4 Å². The maximum atomic E-state index is 12.2. The predicted molar refractivity (Wildman–Crippen MR) is 83.3 cm³/mol. The monoisotopic (exact) mass is 337 g/mol. The molecule has 2 N–H and O–H groups in total. The van der Waals surface area contributed by atoms with E-state index in [9.17, 15) is 18.0 Å². The number of alkyl halides is 3. The topological polar surface area (TPSA) is 60.0 Å². The zero-order valence-electron chi connectivity index (χ0n) is 13.9. The molecule has 23 heavy (non-hydrogen) atoms. The SMILES string of the molecule is CCN1CCCC1CNC(=NC)NCC(=O)N(C)CC(F)(F)F. The molecule has 0 spiro atoms. The molecule has 1 fully saturated rings. The van der Waals surface area contributed by atoms with Gasteiger partial charge in [-0.2, -0.15) is 13.2 Å². The Morgan fingerprint density at radius 3 is 2.65 bits per heavy atom. The van der Waals surface area contributed by atoms with Gasteiger partial charge in [-0.1, -0.05) is 6.92 Å². The molecule has 9 heteroatoms. The first-order valence-corrected chi connectivity index (χ1v) is 7.76. The Hall–Kier alpha value is -1.51. The molecule has 0 bridgehead atoms. The van der Waals surface area contributed by atoms with Crippen LogP contribution in [0.1, 0.15) is 19.8 Å². The lowest BCUT2D eigenvalue weighted by Crippen LogP contribution is -2.48. The number of nitrogens with one attached hydrogen (secondary N) is 2. The Bertz CT molecular complexity index is 414. The molecule has 0 radical (unpaired) electrons. The molecule has 134 valence electrons. The van der Waals surface area contributed by atoms with Crippen molar-refractivity contribution in [3.8, 4) is 0 Å². The molecule has 1 saturated heterocycles. The van der Waals surface area contributed by atoms with Crippen LogP contribution < -0.4 is 10.6 Å². The molecule has 6 nitrogen and oxygen atoms in total. The highest BCUT2D eigenvalue weighted by atomic mass is 19.4. The number of hydrogen-bond donors (Lipinski definition) is 2. The third-order valence-electron chi connectivity index (χ3n) is 3.88. The van der Waals surface area contributed by atoms with E-state index in [0.29, 0.717) is 23.4 Å². The molecule has 1 aliphatic heterocycles. The van der Waals surface area contributed by atoms with Crippen LogP contribution in [-0.2, 0) is 4.79 Å². The molecule has 0 aliphatic carbocycles. The molecule has 0 aromatic rings. The molecule has 1 aliphatic rings. The quantitative estimate of drug-likeness (QED) is 0.552. The molecule has 1 amide bonds. The van der Waals surface area contributed by atoms with Gasteiger partial charge in [-0.15, -0.1) is 0 Å². The summed E-state index contributed by atoms with van der Waals surface area (Å²) in [5, 5.41) is 5.88. The van der Waals surface area contributed by atoms with Gasteiger partial charge < -0.3 is 15.5 Å². The number of carbonyl (C=O) groups is 1. The Labute approximate surface area is 135 Å². The summed E-state index contributed by atoms with van der Waals surface area (Å²) in [7, 11) is 2.69. The molecule has 0 aromatic carbocycles. The van der Waals surface area contributed by atoms with Crippen LogP contribution in [0.15, 0.2) is 4.99 Å². The van der Waals surface area contributed by atoms with E-state index in [4.69, 9.17) is 0 Å². The smallest absolute Gasteiger partial charge is 0.355 e. The van der Waals surface area contributed by atoms with Crippen LogP contribution in [0.4, 0.5) is 13.2 Å². The van der Waals surface area contributed by atoms with E-state index in [-0.39, 0.29) is 6.54 Å². The van der Waals surface area contributed by atoms with Crippen molar-refractivity contribution >= 4 is 11.9 Å². The Morgan fingerprint density at radius 1 is 1.39 bits per heavy atom. The van der Waals surface area contributed by atoms with Crippen LogP contribution >= 0.6 is 0 Å². The van der Waals surface area contributed by atoms with Crippen LogP contribution in [0.2, 0.25) is 0 Å². The molecule has 1 atom stereocenters. The molecular weight excluding hydrogens is 311 g/mol. The van der Waals surface area contributed by atoms with Gasteiger partial charge in [-0.3, -0.25) is 14.7 Å². The Kier molecular flexibility index (Phi) is 7.60.